The lowest BCUT2D eigenvalue weighted by molar-refractivity contribution is -0.135. The summed E-state index contributed by atoms with van der Waals surface area (Å²) in [6.45, 7) is 23.5. The number of methoxy groups -OCH3 is 1. The molecule has 0 unspecified atom stereocenters. The van der Waals surface area contributed by atoms with Gasteiger partial charge in [0.1, 0.15) is 0 Å². The van der Waals surface area contributed by atoms with E-state index in [9.17, 15) is 14.4 Å². The van der Waals surface area contributed by atoms with E-state index in [2.05, 4.69) is 4.74 Å². The number of allylic oxidation sites excluding steroid dienone is 4. The van der Waals surface area contributed by atoms with Gasteiger partial charge in [0.05, 0.1) is 19.3 Å². The lowest BCUT2D eigenvalue weighted by Gasteiger charge is -2.17. The summed E-state index contributed by atoms with van der Waals surface area (Å²) in [5.41, 5.74) is 0.462. The Morgan fingerprint density at radius 3 is 1.45 bits per heavy atom. The number of carbonyl (C=O) groups excluding carboxylic acids is 3. The predicted molar refractivity (Wildman–Crippen MR) is 130 cm³/mol. The molecule has 0 amide bonds. The van der Waals surface area contributed by atoms with Gasteiger partial charge >= 0.3 is 5.97 Å². The zero-order valence-electron chi connectivity index (χ0n) is 22.1. The number of ether oxygens (including phenoxy) is 2. The monoisotopic (exact) mass is 438 g/mol. The molecule has 5 heteroatoms. The van der Waals surface area contributed by atoms with Gasteiger partial charge < -0.3 is 9.47 Å². The van der Waals surface area contributed by atoms with Crippen molar-refractivity contribution in [1.82, 2.24) is 0 Å². The van der Waals surface area contributed by atoms with Crippen LogP contribution in [0.3, 0.4) is 0 Å². The molecule has 0 atom stereocenters. The Bertz CT molecular complexity index is 626. The maximum Gasteiger partial charge on any atom is 0.330 e. The van der Waals surface area contributed by atoms with Crippen LogP contribution in [0.15, 0.2) is 36.0 Å². The zero-order chi connectivity index (χ0) is 25.5. The lowest BCUT2D eigenvalue weighted by atomic mass is 9.90. The van der Waals surface area contributed by atoms with Gasteiger partial charge in [-0.15, -0.1) is 0 Å². The van der Waals surface area contributed by atoms with Crippen LogP contribution in [0.25, 0.3) is 0 Å². The first-order valence-electron chi connectivity index (χ1n) is 10.5. The van der Waals surface area contributed by atoms with Crippen LogP contribution in [0.1, 0.15) is 83.1 Å². The first-order chi connectivity index (χ1) is 13.8. The Hall–Kier alpha value is -2.01. The maximum atomic E-state index is 11.2. The standard InChI is InChI=1S/C9H16O3.C9H16O.C8H14O/c1-9(2,3)12-7-5-6-8(10)11-4;1-7(2)6-8(10)9(3,4)5;1-5-6-7(9)8(2,3)4/h5-6H,7H2,1-4H3;6H,1-5H3;5-6H,1-4H3/b6-5+;;6-5+. The first-order valence-corrected chi connectivity index (χ1v) is 10.5. The fourth-order valence-electron chi connectivity index (χ4n) is 1.39. The molecule has 0 aliphatic carbocycles. The van der Waals surface area contributed by atoms with E-state index in [4.69, 9.17) is 4.74 Å². The van der Waals surface area contributed by atoms with Crippen LogP contribution in [0.2, 0.25) is 0 Å². The SMILES string of the molecule is C/C=C/C(=O)C(C)(C)C.CC(C)=CC(=O)C(C)(C)C.COC(=O)/C=C/COC(C)(C)C. The molecule has 0 aromatic carbocycles. The van der Waals surface area contributed by atoms with Crippen molar-refractivity contribution in [2.75, 3.05) is 13.7 Å². The largest absolute Gasteiger partial charge is 0.466 e. The lowest BCUT2D eigenvalue weighted by Crippen LogP contribution is -2.19. The Morgan fingerprint density at radius 1 is 0.774 bits per heavy atom. The van der Waals surface area contributed by atoms with Crippen molar-refractivity contribution >= 4 is 17.5 Å². The van der Waals surface area contributed by atoms with Crippen molar-refractivity contribution in [3.8, 4) is 0 Å². The smallest absolute Gasteiger partial charge is 0.330 e. The molecule has 0 spiro atoms. The second kappa shape index (κ2) is 15.7. The summed E-state index contributed by atoms with van der Waals surface area (Å²) in [6.07, 6.45) is 8.07. The fraction of sp³-hybridized carbons (Fsp3) is 0.654. The molecule has 0 aromatic heterocycles. The van der Waals surface area contributed by atoms with Gasteiger partial charge in [-0.3, -0.25) is 9.59 Å². The van der Waals surface area contributed by atoms with E-state index < -0.39 is 0 Å². The average molecular weight is 439 g/mol. The molecule has 0 rings (SSSR count). The number of hydrogen-bond acceptors (Lipinski definition) is 5. The van der Waals surface area contributed by atoms with Gasteiger partial charge in [-0.25, -0.2) is 4.79 Å². The normalized spacial score (nSPS) is 11.8. The topological polar surface area (TPSA) is 69.7 Å². The predicted octanol–water partition coefficient (Wildman–Crippen LogP) is 6.28. The summed E-state index contributed by atoms with van der Waals surface area (Å²) >= 11 is 0. The average Bonchev–Trinajstić information content (AvgIpc) is 2.57. The molecule has 0 fully saturated rings. The van der Waals surface area contributed by atoms with Crippen LogP contribution in [0.5, 0.6) is 0 Å². The third-order valence-corrected chi connectivity index (χ3v) is 3.28. The van der Waals surface area contributed by atoms with Gasteiger partial charge in [-0.1, -0.05) is 59.3 Å². The highest BCUT2D eigenvalue weighted by Gasteiger charge is 2.18. The molecule has 0 aliphatic rings. The van der Waals surface area contributed by atoms with Crippen LogP contribution in [-0.2, 0) is 23.9 Å². The minimum atomic E-state index is -0.354. The maximum absolute atomic E-state index is 11.2. The third-order valence-electron chi connectivity index (χ3n) is 3.28. The van der Waals surface area contributed by atoms with E-state index in [1.54, 1.807) is 24.3 Å². The number of ketones is 2. The molecular formula is C26H46O5. The van der Waals surface area contributed by atoms with Crippen LogP contribution in [0.4, 0.5) is 0 Å². The molecule has 0 bridgehead atoms. The number of hydrogen-bond donors (Lipinski definition) is 0. The summed E-state index contributed by atoms with van der Waals surface area (Å²) in [7, 11) is 1.34. The van der Waals surface area contributed by atoms with Crippen molar-refractivity contribution in [3.05, 3.63) is 36.0 Å². The summed E-state index contributed by atoms with van der Waals surface area (Å²) < 4.78 is 9.73. The molecule has 0 heterocycles. The highest BCUT2D eigenvalue weighted by Crippen LogP contribution is 2.16. The second-order valence-electron chi connectivity index (χ2n) is 10.3. The number of rotatable bonds is 5. The summed E-state index contributed by atoms with van der Waals surface area (Å²) in [5.74, 6) is 0.0324. The van der Waals surface area contributed by atoms with Gasteiger partial charge in [0.15, 0.2) is 11.6 Å². The molecular weight excluding hydrogens is 392 g/mol. The van der Waals surface area contributed by atoms with Crippen molar-refractivity contribution < 1.29 is 23.9 Å². The molecule has 0 N–H and O–H groups in total. The van der Waals surface area contributed by atoms with Crippen LogP contribution in [0, 0.1) is 10.8 Å². The van der Waals surface area contributed by atoms with Gasteiger partial charge in [0, 0.05) is 16.9 Å². The minimum Gasteiger partial charge on any atom is -0.466 e. The summed E-state index contributed by atoms with van der Waals surface area (Å²) in [6, 6.07) is 0. The molecule has 0 saturated carbocycles. The number of carbonyl (C=O) groups is 3. The van der Waals surface area contributed by atoms with E-state index in [0.717, 1.165) is 5.57 Å². The van der Waals surface area contributed by atoms with Crippen LogP contribution < -0.4 is 0 Å². The molecule has 0 aliphatic heterocycles. The quantitative estimate of drug-likeness (QED) is 0.373. The van der Waals surface area contributed by atoms with Crippen molar-refractivity contribution in [2.24, 2.45) is 10.8 Å². The number of esters is 1. The van der Waals surface area contributed by atoms with E-state index >= 15 is 0 Å². The summed E-state index contributed by atoms with van der Waals surface area (Å²) in [4.78, 5) is 32.7. The fourth-order valence-corrected chi connectivity index (χ4v) is 1.39. The van der Waals surface area contributed by atoms with Gasteiger partial charge in [-0.05, 0) is 53.7 Å². The van der Waals surface area contributed by atoms with Crippen LogP contribution in [-0.4, -0.2) is 36.9 Å². The van der Waals surface area contributed by atoms with E-state index in [0.29, 0.717) is 6.61 Å². The minimum absolute atomic E-state index is 0.166. The van der Waals surface area contributed by atoms with Gasteiger partial charge in [-0.2, -0.15) is 0 Å². The Balaban J connectivity index is -0.000000384. The second-order valence-corrected chi connectivity index (χ2v) is 10.3. The highest BCUT2D eigenvalue weighted by atomic mass is 16.5. The zero-order valence-corrected chi connectivity index (χ0v) is 22.1. The molecule has 0 saturated heterocycles. The van der Waals surface area contributed by atoms with E-state index in [1.807, 2.05) is 83.1 Å². The van der Waals surface area contributed by atoms with Crippen molar-refractivity contribution in [2.45, 2.75) is 88.7 Å². The van der Waals surface area contributed by atoms with Crippen molar-refractivity contribution in [1.29, 1.82) is 0 Å². The van der Waals surface area contributed by atoms with Gasteiger partial charge in [0.25, 0.3) is 0 Å². The molecule has 0 radical (unpaired) electrons. The first kappa shape index (κ1) is 33.6. The Morgan fingerprint density at radius 2 is 1.23 bits per heavy atom. The van der Waals surface area contributed by atoms with Gasteiger partial charge in [0.2, 0.25) is 0 Å². The third kappa shape index (κ3) is 26.0. The van der Waals surface area contributed by atoms with Crippen LogP contribution >= 0.6 is 0 Å². The molecule has 180 valence electrons. The Kier molecular flexibility index (Phi) is 17.1. The Labute approximate surface area is 191 Å². The molecule has 31 heavy (non-hydrogen) atoms. The molecule has 5 nitrogen and oxygen atoms in total. The van der Waals surface area contributed by atoms with E-state index in [-0.39, 0.29) is 34.0 Å². The summed E-state index contributed by atoms with van der Waals surface area (Å²) in [5, 5.41) is 0. The van der Waals surface area contributed by atoms with Crippen molar-refractivity contribution in [3.63, 3.8) is 0 Å². The van der Waals surface area contributed by atoms with E-state index in [1.165, 1.54) is 13.2 Å². The highest BCUT2D eigenvalue weighted by molar-refractivity contribution is 5.94. The molecule has 0 aromatic rings.